The minimum atomic E-state index is -0.126. The third kappa shape index (κ3) is 2.57. The van der Waals surface area contributed by atoms with Crippen LogP contribution >= 0.6 is 0 Å². The van der Waals surface area contributed by atoms with Crippen molar-refractivity contribution in [3.63, 3.8) is 0 Å². The van der Waals surface area contributed by atoms with Gasteiger partial charge >= 0.3 is 0 Å². The van der Waals surface area contributed by atoms with E-state index < -0.39 is 0 Å². The zero-order chi connectivity index (χ0) is 11.4. The molecule has 1 fully saturated rings. The summed E-state index contributed by atoms with van der Waals surface area (Å²) < 4.78 is 0. The highest BCUT2D eigenvalue weighted by molar-refractivity contribution is 5.82. The minimum absolute atomic E-state index is 0.0450. The number of amides is 1. The van der Waals surface area contributed by atoms with Crippen molar-refractivity contribution in [3.05, 3.63) is 12.2 Å². The summed E-state index contributed by atoms with van der Waals surface area (Å²) in [5.41, 5.74) is 0. The van der Waals surface area contributed by atoms with Crippen LogP contribution < -0.4 is 10.6 Å². The molecule has 2 atom stereocenters. The van der Waals surface area contributed by atoms with E-state index in [1.807, 2.05) is 6.92 Å². The highest BCUT2D eigenvalue weighted by Gasteiger charge is 2.22. The van der Waals surface area contributed by atoms with Gasteiger partial charge in [0, 0.05) is 0 Å². The number of carbonyl (C=O) groups excluding carboxylic acids is 1. The van der Waals surface area contributed by atoms with Gasteiger partial charge in [0.15, 0.2) is 0 Å². The van der Waals surface area contributed by atoms with Crippen molar-refractivity contribution in [1.82, 2.24) is 25.8 Å². The Morgan fingerprint density at radius 2 is 2.50 bits per heavy atom. The number of carbonyl (C=O) groups is 1. The number of nitrogens with zero attached hydrogens (tertiary/aromatic N) is 2. The largest absolute Gasteiger partial charge is 0.345 e. The van der Waals surface area contributed by atoms with E-state index >= 15 is 0 Å². The molecule has 0 aromatic carbocycles. The van der Waals surface area contributed by atoms with Crippen molar-refractivity contribution in [1.29, 1.82) is 0 Å². The molecule has 2 heterocycles. The lowest BCUT2D eigenvalue weighted by atomic mass is 10.0. The zero-order valence-electron chi connectivity index (χ0n) is 9.36. The van der Waals surface area contributed by atoms with E-state index in [2.05, 4.69) is 25.8 Å². The molecule has 16 heavy (non-hydrogen) atoms. The van der Waals surface area contributed by atoms with Crippen LogP contribution in [0.15, 0.2) is 6.33 Å². The van der Waals surface area contributed by atoms with Crippen molar-refractivity contribution in [3.8, 4) is 0 Å². The molecular weight excluding hydrogens is 206 g/mol. The highest BCUT2D eigenvalue weighted by Crippen LogP contribution is 2.09. The molecule has 0 aliphatic carbocycles. The van der Waals surface area contributed by atoms with E-state index in [0.29, 0.717) is 5.82 Å². The van der Waals surface area contributed by atoms with Crippen LogP contribution in [-0.2, 0) is 4.79 Å². The van der Waals surface area contributed by atoms with E-state index in [-0.39, 0.29) is 18.0 Å². The van der Waals surface area contributed by atoms with Gasteiger partial charge < -0.3 is 10.6 Å². The summed E-state index contributed by atoms with van der Waals surface area (Å²) in [5.74, 6) is 0.729. The maximum atomic E-state index is 11.9. The number of rotatable bonds is 3. The number of hydrogen-bond donors (Lipinski definition) is 3. The molecule has 1 unspecified atom stereocenters. The molecule has 2 rings (SSSR count). The van der Waals surface area contributed by atoms with Gasteiger partial charge in [0.2, 0.25) is 5.91 Å². The lowest BCUT2D eigenvalue weighted by Crippen LogP contribution is -2.47. The topological polar surface area (TPSA) is 82.7 Å². The number of H-pyrrole nitrogens is 1. The van der Waals surface area contributed by atoms with Crippen molar-refractivity contribution >= 4 is 5.91 Å². The lowest BCUT2D eigenvalue weighted by Gasteiger charge is -2.23. The Balaban J connectivity index is 1.86. The fraction of sp³-hybridized carbons (Fsp3) is 0.700. The van der Waals surface area contributed by atoms with Crippen molar-refractivity contribution < 1.29 is 4.79 Å². The van der Waals surface area contributed by atoms with Gasteiger partial charge in [-0.2, -0.15) is 5.10 Å². The Hall–Kier alpha value is -1.43. The van der Waals surface area contributed by atoms with Gasteiger partial charge in [0.05, 0.1) is 12.1 Å². The number of hydrogen-bond acceptors (Lipinski definition) is 4. The first-order valence-corrected chi connectivity index (χ1v) is 5.66. The van der Waals surface area contributed by atoms with Gasteiger partial charge in [-0.25, -0.2) is 4.98 Å². The Bertz CT molecular complexity index is 331. The molecule has 6 heteroatoms. The second-order valence-corrected chi connectivity index (χ2v) is 4.10. The molecule has 0 saturated carbocycles. The molecule has 1 aromatic rings. The highest BCUT2D eigenvalue weighted by atomic mass is 16.2. The fourth-order valence-electron chi connectivity index (χ4n) is 1.88. The Morgan fingerprint density at radius 1 is 1.62 bits per heavy atom. The van der Waals surface area contributed by atoms with Crippen molar-refractivity contribution in [2.75, 3.05) is 6.54 Å². The maximum absolute atomic E-state index is 11.9. The van der Waals surface area contributed by atoms with Crippen LogP contribution in [0.5, 0.6) is 0 Å². The maximum Gasteiger partial charge on any atom is 0.237 e. The Morgan fingerprint density at radius 3 is 3.12 bits per heavy atom. The molecule has 0 radical (unpaired) electrons. The minimum Gasteiger partial charge on any atom is -0.345 e. The number of aromatic nitrogens is 3. The third-order valence-corrected chi connectivity index (χ3v) is 2.83. The molecule has 6 nitrogen and oxygen atoms in total. The zero-order valence-corrected chi connectivity index (χ0v) is 9.36. The Labute approximate surface area is 94.2 Å². The fourth-order valence-corrected chi connectivity index (χ4v) is 1.88. The summed E-state index contributed by atoms with van der Waals surface area (Å²) in [6, 6.07) is -0.183. The van der Waals surface area contributed by atoms with E-state index in [1.54, 1.807) is 0 Å². The molecule has 1 saturated heterocycles. The average molecular weight is 223 g/mol. The van der Waals surface area contributed by atoms with Crippen LogP contribution in [0, 0.1) is 0 Å². The first-order valence-electron chi connectivity index (χ1n) is 5.66. The van der Waals surface area contributed by atoms with E-state index in [0.717, 1.165) is 25.8 Å². The van der Waals surface area contributed by atoms with Crippen molar-refractivity contribution in [2.45, 2.75) is 38.3 Å². The lowest BCUT2D eigenvalue weighted by molar-refractivity contribution is -0.124. The number of aromatic amines is 1. The molecule has 1 aliphatic rings. The molecule has 3 N–H and O–H groups in total. The van der Waals surface area contributed by atoms with E-state index in [1.165, 1.54) is 6.33 Å². The second-order valence-electron chi connectivity index (χ2n) is 4.10. The van der Waals surface area contributed by atoms with Crippen LogP contribution in [0.25, 0.3) is 0 Å². The van der Waals surface area contributed by atoms with Gasteiger partial charge in [0.1, 0.15) is 12.2 Å². The average Bonchev–Trinajstić information content (AvgIpc) is 2.83. The van der Waals surface area contributed by atoms with Gasteiger partial charge in [0.25, 0.3) is 0 Å². The summed E-state index contributed by atoms with van der Waals surface area (Å²) in [5, 5.41) is 12.6. The molecule has 1 aromatic heterocycles. The van der Waals surface area contributed by atoms with Crippen LogP contribution in [0.4, 0.5) is 0 Å². The molecule has 1 aliphatic heterocycles. The molecule has 1 amide bonds. The Kier molecular flexibility index (Phi) is 3.51. The molecule has 88 valence electrons. The summed E-state index contributed by atoms with van der Waals surface area (Å²) >= 11 is 0. The predicted octanol–water partition coefficient (Wildman–Crippen LogP) is 0.124. The molecule has 0 bridgehead atoms. The summed E-state index contributed by atoms with van der Waals surface area (Å²) in [4.78, 5) is 15.9. The summed E-state index contributed by atoms with van der Waals surface area (Å²) in [6.45, 7) is 2.82. The first-order chi connectivity index (χ1) is 7.77. The number of piperidine rings is 1. The van der Waals surface area contributed by atoms with Crippen LogP contribution in [0.1, 0.15) is 38.1 Å². The normalized spacial score (nSPS) is 22.7. The van der Waals surface area contributed by atoms with E-state index in [4.69, 9.17) is 0 Å². The monoisotopic (exact) mass is 223 g/mol. The van der Waals surface area contributed by atoms with E-state index in [9.17, 15) is 4.79 Å². The van der Waals surface area contributed by atoms with Crippen LogP contribution in [0.3, 0.4) is 0 Å². The standard InChI is InChI=1S/C10H17N5O/c1-7(9-12-6-13-15-9)14-10(16)8-4-2-3-5-11-8/h6-8,11H,2-5H2,1H3,(H,14,16)(H,12,13,15)/t7?,8-/m1/s1. The van der Waals surface area contributed by atoms with Crippen molar-refractivity contribution in [2.24, 2.45) is 0 Å². The van der Waals surface area contributed by atoms with Gasteiger partial charge in [-0.3, -0.25) is 9.89 Å². The summed E-state index contributed by atoms with van der Waals surface area (Å²) in [6.07, 6.45) is 4.62. The van der Waals surface area contributed by atoms with Gasteiger partial charge in [-0.1, -0.05) is 6.42 Å². The van der Waals surface area contributed by atoms with Gasteiger partial charge in [-0.05, 0) is 26.3 Å². The quantitative estimate of drug-likeness (QED) is 0.680. The smallest absolute Gasteiger partial charge is 0.237 e. The molecule has 0 spiro atoms. The summed E-state index contributed by atoms with van der Waals surface area (Å²) in [7, 11) is 0. The predicted molar refractivity (Wildman–Crippen MR) is 58.6 cm³/mol. The second kappa shape index (κ2) is 5.07. The number of nitrogens with one attached hydrogen (secondary N) is 3. The SMILES string of the molecule is CC(NC(=O)[C@H]1CCCCN1)c1ncn[nH]1. The van der Waals surface area contributed by atoms with Crippen LogP contribution in [0.2, 0.25) is 0 Å². The van der Waals surface area contributed by atoms with Gasteiger partial charge in [-0.15, -0.1) is 0 Å². The first kappa shape index (κ1) is 11.1. The third-order valence-electron chi connectivity index (χ3n) is 2.83. The van der Waals surface area contributed by atoms with Crippen LogP contribution in [-0.4, -0.2) is 33.7 Å². The molecular formula is C10H17N5O.